The lowest BCUT2D eigenvalue weighted by molar-refractivity contribution is -0.317. The Bertz CT molecular complexity index is 1210. The van der Waals surface area contributed by atoms with E-state index in [9.17, 15) is 33.6 Å². The minimum Gasteiger partial charge on any atom is -0.463 e. The molecule has 10 unspecified atom stereocenters. The van der Waals surface area contributed by atoms with Gasteiger partial charge < -0.3 is 53.1 Å². The number of amidine groups is 1. The fourth-order valence-corrected chi connectivity index (χ4v) is 5.51. The summed E-state index contributed by atoms with van der Waals surface area (Å²) in [7, 11) is 0. The van der Waals surface area contributed by atoms with Crippen LogP contribution in [-0.2, 0) is 80.9 Å². The third kappa shape index (κ3) is 12.3. The molecule has 0 spiro atoms. The maximum atomic E-state index is 12.2. The van der Waals surface area contributed by atoms with Gasteiger partial charge >= 0.3 is 41.8 Å². The normalized spacial score (nSPS) is 30.1. The van der Waals surface area contributed by atoms with Gasteiger partial charge in [0.2, 0.25) is 0 Å². The van der Waals surface area contributed by atoms with Crippen molar-refractivity contribution in [3.63, 3.8) is 0 Å². The summed E-state index contributed by atoms with van der Waals surface area (Å²) in [4.78, 5) is 84.1. The topological polar surface area (TPSA) is 262 Å². The van der Waals surface area contributed by atoms with Gasteiger partial charge in [0.25, 0.3) is 0 Å². The number of nitrogens with two attached hydrogens (primary N) is 1. The van der Waals surface area contributed by atoms with E-state index >= 15 is 0 Å². The molecule has 47 heavy (non-hydrogen) atoms. The maximum absolute atomic E-state index is 12.2. The molecule has 0 bridgehead atoms. The van der Waals surface area contributed by atoms with Crippen LogP contribution in [0.5, 0.6) is 0 Å². The van der Waals surface area contributed by atoms with Crippen LogP contribution < -0.4 is 5.73 Å². The van der Waals surface area contributed by atoms with Gasteiger partial charge in [0.1, 0.15) is 18.8 Å². The van der Waals surface area contributed by atoms with E-state index in [0.717, 1.165) is 48.5 Å². The van der Waals surface area contributed by atoms with E-state index < -0.39 is 121 Å². The van der Waals surface area contributed by atoms with Crippen molar-refractivity contribution in [1.82, 2.24) is 0 Å². The molecule has 0 saturated carbocycles. The number of carbonyl (C=O) groups is 7. The van der Waals surface area contributed by atoms with Crippen LogP contribution in [0.2, 0.25) is 0 Å². The zero-order chi connectivity index (χ0) is 35.6. The highest BCUT2D eigenvalue weighted by Crippen LogP contribution is 2.35. The highest BCUT2D eigenvalue weighted by Gasteiger charge is 2.55. The second kappa shape index (κ2) is 17.8. The first kappa shape index (κ1) is 39.2. The molecule has 2 heterocycles. The van der Waals surface area contributed by atoms with Crippen molar-refractivity contribution in [1.29, 1.82) is 5.41 Å². The fraction of sp³-hybridized carbons (Fsp3) is 0.704. The van der Waals surface area contributed by atoms with Crippen molar-refractivity contribution in [3.05, 3.63) is 0 Å². The van der Waals surface area contributed by atoms with E-state index in [4.69, 9.17) is 58.5 Å². The van der Waals surface area contributed by atoms with Gasteiger partial charge in [0.15, 0.2) is 53.5 Å². The fourth-order valence-electron chi connectivity index (χ4n) is 4.72. The molecule has 0 aliphatic carbocycles. The summed E-state index contributed by atoms with van der Waals surface area (Å²) < 4.78 is 55.1. The molecular weight excluding hydrogens is 656 g/mol. The van der Waals surface area contributed by atoms with Gasteiger partial charge in [-0.3, -0.25) is 39.0 Å². The molecule has 2 saturated heterocycles. The third-order valence-corrected chi connectivity index (χ3v) is 6.98. The minimum atomic E-state index is -1.64. The smallest absolute Gasteiger partial charge is 0.303 e. The number of hydrogen-bond acceptors (Lipinski definition) is 19. The van der Waals surface area contributed by atoms with E-state index in [2.05, 4.69) is 0 Å². The second-order valence-corrected chi connectivity index (χ2v) is 11.3. The number of hydrogen-bond donors (Lipinski definition) is 2. The third-order valence-electron chi connectivity index (χ3n) is 6.11. The Morgan fingerprint density at radius 1 is 0.553 bits per heavy atom. The summed E-state index contributed by atoms with van der Waals surface area (Å²) in [6.45, 7) is 6.30. The lowest BCUT2D eigenvalue weighted by Gasteiger charge is -2.46. The van der Waals surface area contributed by atoms with Crippen molar-refractivity contribution in [3.8, 4) is 0 Å². The molecule has 0 amide bonds. The highest BCUT2D eigenvalue weighted by atomic mass is 32.2. The zero-order valence-corrected chi connectivity index (χ0v) is 27.4. The summed E-state index contributed by atoms with van der Waals surface area (Å²) in [6, 6.07) is 0. The number of rotatable bonds is 12. The van der Waals surface area contributed by atoms with Crippen LogP contribution >= 0.6 is 11.8 Å². The molecule has 0 aromatic heterocycles. The molecule has 0 radical (unpaired) electrons. The number of nitrogens with one attached hydrogen (secondary N) is 1. The zero-order valence-electron chi connectivity index (χ0n) is 26.6. The van der Waals surface area contributed by atoms with Crippen LogP contribution in [0.15, 0.2) is 0 Å². The summed E-state index contributed by atoms with van der Waals surface area (Å²) in [5.74, 6) is -5.84. The van der Waals surface area contributed by atoms with Crippen molar-refractivity contribution >= 4 is 58.7 Å². The molecule has 2 rings (SSSR count). The molecule has 2 fully saturated rings. The van der Waals surface area contributed by atoms with Crippen LogP contribution in [0.4, 0.5) is 0 Å². The first-order chi connectivity index (χ1) is 21.9. The molecule has 2 aliphatic heterocycles. The standard InChI is InChI=1S/C27H38N2O17S/c1-10(30)37-8-17-19(39-11(2)31)21(41-13(4)33)23(43-15(6)35)25(45-17)38-9-18-20(40-12(3)32)22(42-14(5)34)24(44-16(7)36)26(46-18)47-27(28)29/h17-26H,8-9H2,1-7H3,(H3,28,29). The summed E-state index contributed by atoms with van der Waals surface area (Å²) in [6.07, 6.45) is -13.3. The molecule has 10 atom stereocenters. The van der Waals surface area contributed by atoms with Gasteiger partial charge in [0.05, 0.1) is 6.61 Å². The summed E-state index contributed by atoms with van der Waals surface area (Å²) >= 11 is 0.594. The number of carbonyl (C=O) groups excluding carboxylic acids is 7. The van der Waals surface area contributed by atoms with Crippen LogP contribution in [0.1, 0.15) is 48.5 Å². The Balaban J connectivity index is 2.56. The van der Waals surface area contributed by atoms with E-state index in [0.29, 0.717) is 11.8 Å². The van der Waals surface area contributed by atoms with Crippen LogP contribution in [0.25, 0.3) is 0 Å². The van der Waals surface area contributed by atoms with Gasteiger partial charge in [-0.05, 0) is 0 Å². The quantitative estimate of drug-likeness (QED) is 0.110. The van der Waals surface area contributed by atoms with E-state index in [-0.39, 0.29) is 0 Å². The largest absolute Gasteiger partial charge is 0.463 e. The molecule has 3 N–H and O–H groups in total. The number of ether oxygens (including phenoxy) is 10. The monoisotopic (exact) mass is 694 g/mol. The predicted molar refractivity (Wildman–Crippen MR) is 153 cm³/mol. The summed E-state index contributed by atoms with van der Waals surface area (Å²) in [5, 5.41) is 7.27. The Labute approximate surface area is 273 Å². The van der Waals surface area contributed by atoms with Gasteiger partial charge in [-0.25, -0.2) is 0 Å². The van der Waals surface area contributed by atoms with Gasteiger partial charge in [-0.1, -0.05) is 11.8 Å². The van der Waals surface area contributed by atoms with E-state index in [1.54, 1.807) is 0 Å². The van der Waals surface area contributed by atoms with Crippen LogP contribution in [0.3, 0.4) is 0 Å². The van der Waals surface area contributed by atoms with Crippen molar-refractivity contribution in [2.75, 3.05) is 13.2 Å². The maximum Gasteiger partial charge on any atom is 0.303 e. The van der Waals surface area contributed by atoms with Gasteiger partial charge in [-0.15, -0.1) is 0 Å². The second-order valence-electron chi connectivity index (χ2n) is 10.1. The van der Waals surface area contributed by atoms with Gasteiger partial charge in [-0.2, -0.15) is 0 Å². The molecule has 19 nitrogen and oxygen atoms in total. The molecular formula is C27H38N2O17S. The summed E-state index contributed by atoms with van der Waals surface area (Å²) in [5.41, 5.74) is 4.27. The number of esters is 7. The van der Waals surface area contributed by atoms with Crippen LogP contribution in [-0.4, -0.2) is 121 Å². The van der Waals surface area contributed by atoms with Crippen molar-refractivity contribution in [2.24, 2.45) is 5.73 Å². The predicted octanol–water partition coefficient (Wildman–Crippen LogP) is -0.767. The SMILES string of the molecule is CC(=O)OCC1OC(OCC2OC(SC(=N)N)C(OC(C)=O)C(OC(C)=O)C2OC(C)=O)C(OC(C)=O)C(OC(C)=O)C1OC(C)=O. The van der Waals surface area contributed by atoms with Crippen molar-refractivity contribution < 1.29 is 80.9 Å². The van der Waals surface area contributed by atoms with Crippen LogP contribution in [0, 0.1) is 5.41 Å². The molecule has 0 aromatic rings. The first-order valence-electron chi connectivity index (χ1n) is 14.0. The Kier molecular flexibility index (Phi) is 14.8. The first-order valence-corrected chi connectivity index (χ1v) is 14.9. The highest BCUT2D eigenvalue weighted by molar-refractivity contribution is 8.14. The van der Waals surface area contributed by atoms with E-state index in [1.807, 2.05) is 0 Å². The average molecular weight is 695 g/mol. The molecule has 264 valence electrons. The molecule has 0 aromatic carbocycles. The lowest BCUT2D eigenvalue weighted by atomic mass is 9.97. The van der Waals surface area contributed by atoms with E-state index in [1.165, 1.54) is 0 Å². The average Bonchev–Trinajstić information content (AvgIpc) is 2.91. The Morgan fingerprint density at radius 2 is 0.936 bits per heavy atom. The molecule has 20 heteroatoms. The Morgan fingerprint density at radius 3 is 1.36 bits per heavy atom. The lowest BCUT2D eigenvalue weighted by Crippen LogP contribution is -2.64. The minimum absolute atomic E-state index is 0.473. The van der Waals surface area contributed by atoms with Crippen molar-refractivity contribution in [2.45, 2.75) is 109 Å². The van der Waals surface area contributed by atoms with Gasteiger partial charge in [0, 0.05) is 48.5 Å². The molecule has 2 aliphatic rings. The Hall–Kier alpha value is -4.01. The number of thioether (sulfide) groups is 1.